The zero-order valence-corrected chi connectivity index (χ0v) is 20.9. The average molecular weight is 532 g/mol. The molecule has 5 atom stereocenters. The molecule has 11 heteroatoms. The van der Waals surface area contributed by atoms with Gasteiger partial charge in [0, 0.05) is 12.0 Å². The molecule has 0 aromatic heterocycles. The second-order valence-electron chi connectivity index (χ2n) is 8.40. The van der Waals surface area contributed by atoms with Crippen molar-refractivity contribution in [3.05, 3.63) is 118 Å². The van der Waals surface area contributed by atoms with Crippen LogP contribution in [0.2, 0.25) is 0 Å². The topological polar surface area (TPSA) is 146 Å². The molecular formula is C28H25N3O8. The van der Waals surface area contributed by atoms with Crippen LogP contribution in [-0.4, -0.2) is 62.3 Å². The molecule has 0 radical (unpaired) electrons. The Morgan fingerprint density at radius 2 is 1.13 bits per heavy atom. The molecule has 1 heterocycles. The summed E-state index contributed by atoms with van der Waals surface area (Å²) in [4.78, 5) is 42.0. The van der Waals surface area contributed by atoms with E-state index in [4.69, 9.17) is 29.2 Å². The number of hydrogen-bond donors (Lipinski definition) is 0. The zero-order valence-electron chi connectivity index (χ0n) is 20.9. The number of benzene rings is 3. The van der Waals surface area contributed by atoms with Gasteiger partial charge in [-0.1, -0.05) is 59.7 Å². The van der Waals surface area contributed by atoms with Gasteiger partial charge in [0.2, 0.25) is 0 Å². The Bertz CT molecular complexity index is 1320. The summed E-state index contributed by atoms with van der Waals surface area (Å²) in [6, 6.07) is 24.4. The molecule has 0 aliphatic carbocycles. The number of nitrogens with zero attached hydrogens (tertiary/aromatic N) is 3. The lowest BCUT2D eigenvalue weighted by Crippen LogP contribution is -2.62. The van der Waals surface area contributed by atoms with Crippen molar-refractivity contribution < 1.29 is 38.1 Å². The first-order valence-corrected chi connectivity index (χ1v) is 12.0. The highest BCUT2D eigenvalue weighted by Gasteiger charge is 2.52. The maximum Gasteiger partial charge on any atom is 0.338 e. The van der Waals surface area contributed by atoms with Crippen molar-refractivity contribution in [3.8, 4) is 0 Å². The first kappa shape index (κ1) is 27.3. The number of rotatable bonds is 9. The Kier molecular flexibility index (Phi) is 9.25. The molecule has 1 fully saturated rings. The van der Waals surface area contributed by atoms with Crippen LogP contribution in [0.25, 0.3) is 10.4 Å². The molecule has 0 bridgehead atoms. The molecule has 0 amide bonds. The Morgan fingerprint density at radius 3 is 1.54 bits per heavy atom. The number of methoxy groups -OCH3 is 1. The third-order valence-corrected chi connectivity index (χ3v) is 5.91. The Balaban J connectivity index is 1.72. The lowest BCUT2D eigenvalue weighted by atomic mass is 9.97. The largest absolute Gasteiger partial charge is 0.452 e. The van der Waals surface area contributed by atoms with Crippen LogP contribution in [0.3, 0.4) is 0 Å². The smallest absolute Gasteiger partial charge is 0.338 e. The maximum absolute atomic E-state index is 13.2. The van der Waals surface area contributed by atoms with E-state index in [0.29, 0.717) is 0 Å². The monoisotopic (exact) mass is 531 g/mol. The fourth-order valence-electron chi connectivity index (χ4n) is 4.03. The van der Waals surface area contributed by atoms with Crippen molar-refractivity contribution in [1.82, 2.24) is 0 Å². The van der Waals surface area contributed by atoms with E-state index >= 15 is 0 Å². The van der Waals surface area contributed by atoms with Crippen LogP contribution in [0.5, 0.6) is 0 Å². The van der Waals surface area contributed by atoms with Gasteiger partial charge in [-0.15, -0.1) is 0 Å². The Labute approximate surface area is 223 Å². The molecule has 3 aromatic carbocycles. The minimum Gasteiger partial charge on any atom is -0.452 e. The molecule has 1 saturated heterocycles. The predicted molar refractivity (Wildman–Crippen MR) is 137 cm³/mol. The first-order chi connectivity index (χ1) is 19.0. The van der Waals surface area contributed by atoms with Crippen molar-refractivity contribution in [2.75, 3.05) is 13.7 Å². The Morgan fingerprint density at radius 1 is 0.718 bits per heavy atom. The minimum atomic E-state index is -1.39. The molecule has 0 saturated carbocycles. The molecule has 0 N–H and O–H groups in total. The van der Waals surface area contributed by atoms with Gasteiger partial charge in [0.25, 0.3) is 0 Å². The predicted octanol–water partition coefficient (Wildman–Crippen LogP) is 4.34. The van der Waals surface area contributed by atoms with Gasteiger partial charge in [0.15, 0.2) is 24.6 Å². The molecule has 4 rings (SSSR count). The third-order valence-electron chi connectivity index (χ3n) is 5.91. The van der Waals surface area contributed by atoms with Crippen LogP contribution in [0.1, 0.15) is 31.1 Å². The van der Waals surface area contributed by atoms with E-state index in [9.17, 15) is 14.4 Å². The Hall–Kier alpha value is -4.70. The molecular weight excluding hydrogens is 506 g/mol. The van der Waals surface area contributed by atoms with Gasteiger partial charge < -0.3 is 23.7 Å². The van der Waals surface area contributed by atoms with Crippen LogP contribution in [0.4, 0.5) is 0 Å². The van der Waals surface area contributed by atoms with Gasteiger partial charge >= 0.3 is 17.9 Å². The molecule has 3 aromatic rings. The fourth-order valence-corrected chi connectivity index (χ4v) is 4.03. The molecule has 39 heavy (non-hydrogen) atoms. The summed E-state index contributed by atoms with van der Waals surface area (Å²) in [5.74, 6) is -2.25. The summed E-state index contributed by atoms with van der Waals surface area (Å²) in [5, 5.41) is 3.56. The van der Waals surface area contributed by atoms with E-state index < -0.39 is 48.6 Å². The van der Waals surface area contributed by atoms with Crippen LogP contribution >= 0.6 is 0 Å². The van der Waals surface area contributed by atoms with Gasteiger partial charge in [-0.25, -0.2) is 14.4 Å². The van der Waals surface area contributed by atoms with E-state index in [2.05, 4.69) is 10.0 Å². The molecule has 200 valence electrons. The summed E-state index contributed by atoms with van der Waals surface area (Å²) in [7, 11) is 1.31. The average Bonchev–Trinajstić information content (AvgIpc) is 2.99. The van der Waals surface area contributed by atoms with Crippen LogP contribution in [0, 0.1) is 0 Å². The second-order valence-corrected chi connectivity index (χ2v) is 8.40. The first-order valence-electron chi connectivity index (χ1n) is 12.0. The maximum atomic E-state index is 13.2. The number of ether oxygens (including phenoxy) is 5. The number of esters is 3. The quantitative estimate of drug-likeness (QED) is 0.130. The molecule has 11 nitrogen and oxygen atoms in total. The minimum absolute atomic E-state index is 0.214. The van der Waals surface area contributed by atoms with Crippen LogP contribution < -0.4 is 0 Å². The van der Waals surface area contributed by atoms with Gasteiger partial charge in [0.05, 0.1) is 23.2 Å². The molecule has 1 aliphatic heterocycles. The SMILES string of the molecule is COC1OC(CN=[N+]=[N-])C(OC(=O)c2ccccc2)C(OC(=O)c2ccccc2)C1OC(=O)c1ccccc1. The summed E-state index contributed by atoms with van der Waals surface area (Å²) in [6.07, 6.45) is -6.44. The lowest BCUT2D eigenvalue weighted by Gasteiger charge is -2.44. The highest BCUT2D eigenvalue weighted by Crippen LogP contribution is 2.31. The van der Waals surface area contributed by atoms with E-state index in [1.807, 2.05) is 0 Å². The highest BCUT2D eigenvalue weighted by atomic mass is 16.7. The van der Waals surface area contributed by atoms with E-state index in [1.165, 1.54) is 7.11 Å². The van der Waals surface area contributed by atoms with Crippen molar-refractivity contribution in [2.24, 2.45) is 5.11 Å². The van der Waals surface area contributed by atoms with E-state index in [-0.39, 0.29) is 23.2 Å². The highest BCUT2D eigenvalue weighted by molar-refractivity contribution is 5.91. The lowest BCUT2D eigenvalue weighted by molar-refractivity contribution is -0.285. The zero-order chi connectivity index (χ0) is 27.6. The summed E-state index contributed by atoms with van der Waals surface area (Å²) in [6.45, 7) is -0.290. The number of carbonyl (C=O) groups is 3. The number of hydrogen-bond acceptors (Lipinski definition) is 9. The molecule has 0 spiro atoms. The summed E-state index contributed by atoms with van der Waals surface area (Å²) < 4.78 is 28.7. The molecule has 5 unspecified atom stereocenters. The second kappa shape index (κ2) is 13.2. The van der Waals surface area contributed by atoms with Gasteiger partial charge in [0.1, 0.15) is 6.10 Å². The van der Waals surface area contributed by atoms with Gasteiger partial charge in [-0.2, -0.15) is 0 Å². The fraction of sp³-hybridized carbons (Fsp3) is 0.250. The van der Waals surface area contributed by atoms with E-state index in [1.54, 1.807) is 91.0 Å². The molecule has 1 aliphatic rings. The number of carbonyl (C=O) groups excluding carboxylic acids is 3. The summed E-state index contributed by atoms with van der Waals surface area (Å²) in [5.41, 5.74) is 9.60. The van der Waals surface area contributed by atoms with Gasteiger partial charge in [-0.05, 0) is 41.9 Å². The standard InChI is InChI=1S/C28H25N3O8/c1-35-28-24(39-27(34)20-15-9-4-10-16-20)23(38-26(33)19-13-7-3-8-14-19)22(21(36-28)17-30-31-29)37-25(32)18-11-5-2-6-12-18/h2-16,21-24,28H,17H2,1H3. The van der Waals surface area contributed by atoms with Gasteiger partial charge in [-0.3, -0.25) is 0 Å². The normalized spacial score (nSPS) is 22.1. The van der Waals surface area contributed by atoms with E-state index in [0.717, 1.165) is 0 Å². The van der Waals surface area contributed by atoms with Crippen LogP contribution in [-0.2, 0) is 23.7 Å². The third kappa shape index (κ3) is 6.79. The summed E-state index contributed by atoms with van der Waals surface area (Å²) >= 11 is 0. The van der Waals surface area contributed by atoms with Crippen molar-refractivity contribution in [3.63, 3.8) is 0 Å². The number of azide groups is 1. The van der Waals surface area contributed by atoms with Crippen LogP contribution in [0.15, 0.2) is 96.1 Å². The van der Waals surface area contributed by atoms with Crippen molar-refractivity contribution >= 4 is 17.9 Å². The van der Waals surface area contributed by atoms with Crippen molar-refractivity contribution in [1.29, 1.82) is 0 Å². The van der Waals surface area contributed by atoms with Crippen molar-refractivity contribution in [2.45, 2.75) is 30.7 Å².